The van der Waals surface area contributed by atoms with Crippen LogP contribution in [0.5, 0.6) is 0 Å². The van der Waals surface area contributed by atoms with Crippen molar-refractivity contribution in [3.8, 4) is 0 Å². The number of hydrogen-bond donors (Lipinski definition) is 2. The normalized spacial score (nSPS) is 11.9. The van der Waals surface area contributed by atoms with E-state index in [1.165, 1.54) is 0 Å². The molecule has 132 valence electrons. The molecule has 0 spiro atoms. The molecule has 0 saturated carbocycles. The van der Waals surface area contributed by atoms with Crippen molar-refractivity contribution in [2.75, 3.05) is 5.32 Å². The molecule has 0 aliphatic rings. The second-order valence-corrected chi connectivity index (χ2v) is 6.91. The van der Waals surface area contributed by atoms with Gasteiger partial charge in [-0.25, -0.2) is 0 Å². The molecule has 2 aromatic rings. The minimum absolute atomic E-state index is 0.245. The van der Waals surface area contributed by atoms with Crippen LogP contribution in [-0.2, 0) is 4.79 Å². The molecule has 2 amide bonds. The molecule has 0 heterocycles. The van der Waals surface area contributed by atoms with E-state index in [-0.39, 0.29) is 17.7 Å². The lowest BCUT2D eigenvalue weighted by atomic mass is 10.0. The van der Waals surface area contributed by atoms with E-state index in [1.807, 2.05) is 39.0 Å². The van der Waals surface area contributed by atoms with Crippen LogP contribution in [0.3, 0.4) is 0 Å². The topological polar surface area (TPSA) is 58.2 Å². The maximum absolute atomic E-state index is 12.6. The van der Waals surface area contributed by atoms with Crippen molar-refractivity contribution in [2.24, 2.45) is 5.92 Å². The van der Waals surface area contributed by atoms with E-state index in [9.17, 15) is 9.59 Å². The van der Waals surface area contributed by atoms with Crippen LogP contribution in [-0.4, -0.2) is 17.9 Å². The average molecular weight is 359 g/mol. The van der Waals surface area contributed by atoms with Gasteiger partial charge in [0, 0.05) is 16.3 Å². The van der Waals surface area contributed by atoms with Gasteiger partial charge in [0.1, 0.15) is 6.04 Å². The Morgan fingerprint density at radius 2 is 1.80 bits per heavy atom. The highest BCUT2D eigenvalue weighted by atomic mass is 35.5. The van der Waals surface area contributed by atoms with Crippen LogP contribution in [0.4, 0.5) is 5.69 Å². The highest BCUT2D eigenvalue weighted by molar-refractivity contribution is 6.30. The third-order valence-corrected chi connectivity index (χ3v) is 4.05. The quantitative estimate of drug-likeness (QED) is 0.802. The zero-order chi connectivity index (χ0) is 18.4. The Kier molecular flexibility index (Phi) is 6.59. The van der Waals surface area contributed by atoms with Crippen LogP contribution >= 0.6 is 11.6 Å². The molecule has 2 aromatic carbocycles. The molecule has 0 aliphatic carbocycles. The maximum Gasteiger partial charge on any atom is 0.252 e. The Bertz CT molecular complexity index is 759. The molecule has 0 unspecified atom stereocenters. The zero-order valence-corrected chi connectivity index (χ0v) is 15.4. The van der Waals surface area contributed by atoms with Gasteiger partial charge in [-0.3, -0.25) is 9.59 Å². The predicted molar refractivity (Wildman–Crippen MR) is 102 cm³/mol. The number of carbonyl (C=O) groups excluding carboxylic acids is 2. The van der Waals surface area contributed by atoms with Gasteiger partial charge in [-0.05, 0) is 49.1 Å². The van der Waals surface area contributed by atoms with Gasteiger partial charge in [0.05, 0.1) is 0 Å². The third-order valence-electron chi connectivity index (χ3n) is 3.81. The number of rotatable bonds is 6. The molecule has 0 aliphatic heterocycles. The van der Waals surface area contributed by atoms with E-state index in [0.29, 0.717) is 22.7 Å². The van der Waals surface area contributed by atoms with Crippen molar-refractivity contribution < 1.29 is 9.59 Å². The molecule has 0 fully saturated rings. The summed E-state index contributed by atoms with van der Waals surface area (Å²) in [6, 6.07) is 13.6. The third kappa shape index (κ3) is 5.61. The summed E-state index contributed by atoms with van der Waals surface area (Å²) >= 11 is 5.95. The minimum atomic E-state index is -0.619. The molecule has 2 rings (SSSR count). The van der Waals surface area contributed by atoms with Crippen molar-refractivity contribution in [2.45, 2.75) is 33.2 Å². The fourth-order valence-corrected chi connectivity index (χ4v) is 2.75. The Morgan fingerprint density at radius 3 is 2.44 bits per heavy atom. The number of halogens is 1. The van der Waals surface area contributed by atoms with Crippen molar-refractivity contribution in [1.29, 1.82) is 0 Å². The maximum atomic E-state index is 12.6. The number of aryl methyl sites for hydroxylation is 1. The largest absolute Gasteiger partial charge is 0.340 e. The summed E-state index contributed by atoms with van der Waals surface area (Å²) in [5.74, 6) is -0.241. The van der Waals surface area contributed by atoms with Crippen molar-refractivity contribution in [3.63, 3.8) is 0 Å². The first-order chi connectivity index (χ1) is 11.9. The summed E-state index contributed by atoms with van der Waals surface area (Å²) in [6.07, 6.45) is 0.546. The number of nitrogens with one attached hydrogen (secondary N) is 2. The number of benzene rings is 2. The van der Waals surface area contributed by atoms with Crippen molar-refractivity contribution >= 4 is 29.1 Å². The highest BCUT2D eigenvalue weighted by Crippen LogP contribution is 2.16. The van der Waals surface area contributed by atoms with E-state index in [1.54, 1.807) is 30.3 Å². The Morgan fingerprint density at radius 1 is 1.08 bits per heavy atom. The van der Waals surface area contributed by atoms with E-state index in [2.05, 4.69) is 10.6 Å². The van der Waals surface area contributed by atoms with Gasteiger partial charge in [0.2, 0.25) is 5.91 Å². The molecule has 2 N–H and O–H groups in total. The van der Waals surface area contributed by atoms with Crippen molar-refractivity contribution in [1.82, 2.24) is 5.32 Å². The first-order valence-corrected chi connectivity index (χ1v) is 8.67. The Labute approximate surface area is 153 Å². The lowest BCUT2D eigenvalue weighted by molar-refractivity contribution is -0.118. The fourth-order valence-electron chi connectivity index (χ4n) is 2.56. The van der Waals surface area contributed by atoms with E-state index in [4.69, 9.17) is 11.6 Å². The summed E-state index contributed by atoms with van der Waals surface area (Å²) in [5.41, 5.74) is 2.06. The smallest absolute Gasteiger partial charge is 0.252 e. The molecular formula is C20H23ClN2O2. The molecule has 0 radical (unpaired) electrons. The van der Waals surface area contributed by atoms with Gasteiger partial charge in [-0.1, -0.05) is 49.7 Å². The highest BCUT2D eigenvalue weighted by Gasteiger charge is 2.23. The van der Waals surface area contributed by atoms with Crippen LogP contribution in [0.15, 0.2) is 48.5 Å². The Hall–Kier alpha value is -2.33. The monoisotopic (exact) mass is 358 g/mol. The van der Waals surface area contributed by atoms with Gasteiger partial charge in [0.15, 0.2) is 0 Å². The van der Waals surface area contributed by atoms with Gasteiger partial charge in [-0.2, -0.15) is 0 Å². The summed E-state index contributed by atoms with van der Waals surface area (Å²) in [4.78, 5) is 25.2. The van der Waals surface area contributed by atoms with Crippen LogP contribution in [0.2, 0.25) is 5.02 Å². The van der Waals surface area contributed by atoms with E-state index < -0.39 is 6.04 Å². The molecule has 1 atom stereocenters. The number of anilines is 1. The molecule has 0 saturated heterocycles. The van der Waals surface area contributed by atoms with E-state index in [0.717, 1.165) is 5.56 Å². The lowest BCUT2D eigenvalue weighted by Gasteiger charge is -2.21. The van der Waals surface area contributed by atoms with Crippen LogP contribution < -0.4 is 10.6 Å². The molecule has 4 nitrogen and oxygen atoms in total. The van der Waals surface area contributed by atoms with Crippen LogP contribution in [0.25, 0.3) is 0 Å². The summed E-state index contributed by atoms with van der Waals surface area (Å²) in [6.45, 7) is 5.90. The van der Waals surface area contributed by atoms with Crippen molar-refractivity contribution in [3.05, 3.63) is 64.7 Å². The fraction of sp³-hybridized carbons (Fsp3) is 0.300. The predicted octanol–water partition coefficient (Wildman–Crippen LogP) is 4.43. The number of hydrogen-bond acceptors (Lipinski definition) is 2. The van der Waals surface area contributed by atoms with Gasteiger partial charge in [-0.15, -0.1) is 0 Å². The molecule has 0 bridgehead atoms. The van der Waals surface area contributed by atoms with Gasteiger partial charge < -0.3 is 10.6 Å². The second-order valence-electron chi connectivity index (χ2n) is 6.47. The number of carbonyl (C=O) groups is 2. The van der Waals surface area contributed by atoms with Gasteiger partial charge >= 0.3 is 0 Å². The Balaban J connectivity index is 2.13. The lowest BCUT2D eigenvalue weighted by Crippen LogP contribution is -2.44. The molecule has 0 aromatic heterocycles. The second kappa shape index (κ2) is 8.67. The first-order valence-electron chi connectivity index (χ1n) is 8.29. The molecular weight excluding hydrogens is 336 g/mol. The van der Waals surface area contributed by atoms with Crippen LogP contribution in [0.1, 0.15) is 36.2 Å². The summed E-state index contributed by atoms with van der Waals surface area (Å²) in [5, 5.41) is 6.22. The average Bonchev–Trinajstić information content (AvgIpc) is 2.54. The minimum Gasteiger partial charge on any atom is -0.340 e. The number of amides is 2. The van der Waals surface area contributed by atoms with E-state index >= 15 is 0 Å². The SMILES string of the molecule is Cc1ccccc1C(=O)N[C@@H](CC(C)C)C(=O)Nc1cccc(Cl)c1. The summed E-state index contributed by atoms with van der Waals surface area (Å²) < 4.78 is 0. The molecule has 25 heavy (non-hydrogen) atoms. The van der Waals surface area contributed by atoms with Gasteiger partial charge in [0.25, 0.3) is 5.91 Å². The van der Waals surface area contributed by atoms with Crippen LogP contribution in [0, 0.1) is 12.8 Å². The standard InChI is InChI=1S/C20H23ClN2O2/c1-13(2)11-18(20(25)22-16-9-6-8-15(21)12-16)23-19(24)17-10-5-4-7-14(17)3/h4-10,12-13,18H,11H2,1-3H3,(H,22,25)(H,23,24)/t18-/m0/s1. The molecule has 5 heteroatoms. The zero-order valence-electron chi connectivity index (χ0n) is 14.7. The first kappa shape index (κ1) is 19.0. The summed E-state index contributed by atoms with van der Waals surface area (Å²) in [7, 11) is 0.